The molecule has 0 unspecified atom stereocenters. The van der Waals surface area contributed by atoms with E-state index in [0.717, 1.165) is 49.0 Å². The third-order valence-corrected chi connectivity index (χ3v) is 9.74. The van der Waals surface area contributed by atoms with Crippen LogP contribution in [0.15, 0.2) is 30.9 Å². The minimum Gasteiger partial charge on any atom is -0.350 e. The molecular weight excluding hydrogens is 433 g/mol. The quantitative estimate of drug-likeness (QED) is 0.277. The Bertz CT molecular complexity index is 811. The van der Waals surface area contributed by atoms with Crippen molar-refractivity contribution in [2.45, 2.75) is 128 Å². The van der Waals surface area contributed by atoms with Crippen molar-refractivity contribution in [3.8, 4) is 0 Å². The molecule has 1 aromatic carbocycles. The SMILES string of the molecule is C=CC(=O)NC1CCC(C2CCC(c3ccc(C4CCC(CCCCC)CC4)cc3F)CC2)CC1. The van der Waals surface area contributed by atoms with Gasteiger partial charge in [-0.3, -0.25) is 4.79 Å². The predicted molar refractivity (Wildman–Crippen MR) is 144 cm³/mol. The summed E-state index contributed by atoms with van der Waals surface area (Å²) in [6.07, 6.45) is 21.2. The van der Waals surface area contributed by atoms with Gasteiger partial charge in [0.25, 0.3) is 0 Å². The molecule has 3 saturated carbocycles. The van der Waals surface area contributed by atoms with E-state index in [0.29, 0.717) is 17.9 Å². The summed E-state index contributed by atoms with van der Waals surface area (Å²) < 4.78 is 15.3. The average Bonchev–Trinajstić information content (AvgIpc) is 2.90. The molecule has 0 radical (unpaired) electrons. The number of benzene rings is 1. The second kappa shape index (κ2) is 13.1. The molecule has 35 heavy (non-hydrogen) atoms. The van der Waals surface area contributed by atoms with Crippen molar-refractivity contribution in [2.75, 3.05) is 0 Å². The maximum Gasteiger partial charge on any atom is 0.243 e. The summed E-state index contributed by atoms with van der Waals surface area (Å²) in [7, 11) is 0. The van der Waals surface area contributed by atoms with Crippen molar-refractivity contribution in [1.29, 1.82) is 0 Å². The molecule has 0 aliphatic heterocycles. The molecule has 4 rings (SSSR count). The van der Waals surface area contributed by atoms with Crippen molar-refractivity contribution in [2.24, 2.45) is 17.8 Å². The highest BCUT2D eigenvalue weighted by Crippen LogP contribution is 2.44. The monoisotopic (exact) mass is 481 g/mol. The molecular formula is C32H48FNO. The van der Waals surface area contributed by atoms with Gasteiger partial charge in [-0.25, -0.2) is 4.39 Å². The lowest BCUT2D eigenvalue weighted by atomic mass is 9.69. The van der Waals surface area contributed by atoms with E-state index in [9.17, 15) is 4.79 Å². The van der Waals surface area contributed by atoms with Crippen LogP contribution >= 0.6 is 0 Å². The van der Waals surface area contributed by atoms with E-state index in [1.54, 1.807) is 0 Å². The van der Waals surface area contributed by atoms with E-state index in [1.165, 1.54) is 88.7 Å². The zero-order chi connectivity index (χ0) is 24.6. The Hall–Kier alpha value is -1.64. The summed E-state index contributed by atoms with van der Waals surface area (Å²) in [6.45, 7) is 5.84. The van der Waals surface area contributed by atoms with E-state index in [2.05, 4.69) is 31.0 Å². The molecule has 3 aliphatic rings. The number of halogens is 1. The van der Waals surface area contributed by atoms with Gasteiger partial charge in [-0.2, -0.15) is 0 Å². The normalized spacial score (nSPS) is 31.6. The number of amides is 1. The van der Waals surface area contributed by atoms with Crippen molar-refractivity contribution in [3.05, 3.63) is 47.8 Å². The van der Waals surface area contributed by atoms with Crippen LogP contribution in [0.3, 0.4) is 0 Å². The molecule has 0 bridgehead atoms. The van der Waals surface area contributed by atoms with Crippen LogP contribution in [0.5, 0.6) is 0 Å². The Morgan fingerprint density at radius 3 is 2.14 bits per heavy atom. The lowest BCUT2D eigenvalue weighted by molar-refractivity contribution is -0.117. The van der Waals surface area contributed by atoms with Crippen LogP contribution in [-0.4, -0.2) is 11.9 Å². The van der Waals surface area contributed by atoms with Crippen LogP contribution in [0.25, 0.3) is 0 Å². The van der Waals surface area contributed by atoms with Gasteiger partial charge >= 0.3 is 0 Å². The van der Waals surface area contributed by atoms with E-state index in [4.69, 9.17) is 0 Å². The van der Waals surface area contributed by atoms with Gasteiger partial charge in [0.2, 0.25) is 5.91 Å². The van der Waals surface area contributed by atoms with Crippen LogP contribution in [0.4, 0.5) is 4.39 Å². The van der Waals surface area contributed by atoms with Crippen molar-refractivity contribution < 1.29 is 9.18 Å². The number of hydrogen-bond acceptors (Lipinski definition) is 1. The number of unbranched alkanes of at least 4 members (excludes halogenated alkanes) is 2. The Morgan fingerprint density at radius 1 is 0.914 bits per heavy atom. The standard InChI is InChI=1S/C32H48FNO/c1-3-5-6-7-23-8-10-26(11-9-23)28-18-21-30(31(33)22-28)27-14-12-24(13-15-27)25-16-19-29(20-17-25)34-32(35)4-2/h4,18,21-27,29H,2-3,5-17,19-20H2,1H3,(H,34,35). The summed E-state index contributed by atoms with van der Waals surface area (Å²) in [4.78, 5) is 11.6. The minimum absolute atomic E-state index is 0.0444. The highest BCUT2D eigenvalue weighted by Gasteiger charge is 2.32. The third-order valence-electron chi connectivity index (χ3n) is 9.74. The third kappa shape index (κ3) is 7.20. The largest absolute Gasteiger partial charge is 0.350 e. The Labute approximate surface area is 213 Å². The zero-order valence-corrected chi connectivity index (χ0v) is 22.1. The van der Waals surface area contributed by atoms with Gasteiger partial charge in [0, 0.05) is 6.04 Å². The van der Waals surface area contributed by atoms with Crippen molar-refractivity contribution in [1.82, 2.24) is 5.32 Å². The Balaban J connectivity index is 1.22. The van der Waals surface area contributed by atoms with Crippen LogP contribution in [0.2, 0.25) is 0 Å². The van der Waals surface area contributed by atoms with Gasteiger partial charge in [-0.1, -0.05) is 51.3 Å². The molecule has 0 saturated heterocycles. The molecule has 194 valence electrons. The summed E-state index contributed by atoms with van der Waals surface area (Å²) in [5.74, 6) is 3.40. The van der Waals surface area contributed by atoms with E-state index >= 15 is 4.39 Å². The van der Waals surface area contributed by atoms with Crippen molar-refractivity contribution in [3.63, 3.8) is 0 Å². The Morgan fingerprint density at radius 2 is 1.54 bits per heavy atom. The van der Waals surface area contributed by atoms with Gasteiger partial charge < -0.3 is 5.32 Å². The molecule has 1 aromatic rings. The number of carbonyl (C=O) groups is 1. The van der Waals surface area contributed by atoms with Gasteiger partial charge in [-0.05, 0) is 130 Å². The molecule has 0 heterocycles. The molecule has 3 aliphatic carbocycles. The van der Waals surface area contributed by atoms with E-state index < -0.39 is 0 Å². The smallest absolute Gasteiger partial charge is 0.243 e. The first kappa shape index (κ1) is 26.4. The van der Waals surface area contributed by atoms with Gasteiger partial charge in [0.1, 0.15) is 5.82 Å². The molecule has 2 nitrogen and oxygen atoms in total. The van der Waals surface area contributed by atoms with Crippen LogP contribution in [0.1, 0.15) is 133 Å². The fourth-order valence-electron chi connectivity index (χ4n) is 7.49. The number of rotatable bonds is 9. The topological polar surface area (TPSA) is 29.1 Å². The van der Waals surface area contributed by atoms with Gasteiger partial charge in [-0.15, -0.1) is 0 Å². The average molecular weight is 482 g/mol. The number of hydrogen-bond donors (Lipinski definition) is 1. The molecule has 3 fully saturated rings. The summed E-state index contributed by atoms with van der Waals surface area (Å²) in [5, 5.41) is 3.07. The summed E-state index contributed by atoms with van der Waals surface area (Å²) in [6, 6.07) is 6.60. The van der Waals surface area contributed by atoms with Crippen molar-refractivity contribution >= 4 is 5.91 Å². The van der Waals surface area contributed by atoms with Crippen LogP contribution < -0.4 is 5.32 Å². The molecule has 1 amide bonds. The summed E-state index contributed by atoms with van der Waals surface area (Å²) >= 11 is 0. The lowest BCUT2D eigenvalue weighted by Gasteiger charge is -2.38. The maximum atomic E-state index is 15.3. The van der Waals surface area contributed by atoms with Gasteiger partial charge in [0.15, 0.2) is 0 Å². The highest BCUT2D eigenvalue weighted by atomic mass is 19.1. The predicted octanol–water partition coefficient (Wildman–Crippen LogP) is 8.81. The molecule has 0 atom stereocenters. The second-order valence-electron chi connectivity index (χ2n) is 11.9. The van der Waals surface area contributed by atoms with Crippen LogP contribution in [-0.2, 0) is 4.79 Å². The number of carbonyl (C=O) groups excluding carboxylic acids is 1. The van der Waals surface area contributed by atoms with E-state index in [-0.39, 0.29) is 11.7 Å². The fraction of sp³-hybridized carbons (Fsp3) is 0.719. The Kier molecular flexibility index (Phi) is 9.86. The fourth-order valence-corrected chi connectivity index (χ4v) is 7.49. The molecule has 0 spiro atoms. The molecule has 0 aromatic heterocycles. The maximum absolute atomic E-state index is 15.3. The first-order valence-electron chi connectivity index (χ1n) is 14.8. The first-order valence-corrected chi connectivity index (χ1v) is 14.8. The highest BCUT2D eigenvalue weighted by molar-refractivity contribution is 5.87. The van der Waals surface area contributed by atoms with Gasteiger partial charge in [0.05, 0.1) is 0 Å². The zero-order valence-electron chi connectivity index (χ0n) is 22.1. The van der Waals surface area contributed by atoms with E-state index in [1.807, 2.05) is 6.07 Å². The summed E-state index contributed by atoms with van der Waals surface area (Å²) in [5.41, 5.74) is 2.21. The lowest BCUT2D eigenvalue weighted by Crippen LogP contribution is -2.38. The second-order valence-corrected chi connectivity index (χ2v) is 11.9. The number of nitrogens with one attached hydrogen (secondary N) is 1. The van der Waals surface area contributed by atoms with Crippen LogP contribution in [0, 0.1) is 23.6 Å². The molecule has 3 heteroatoms. The minimum atomic E-state index is -0.0444. The molecule has 1 N–H and O–H groups in total. The first-order chi connectivity index (χ1) is 17.1.